The lowest BCUT2D eigenvalue weighted by Gasteiger charge is -2.35. The SMILES string of the molecule is CC1(C(=O)Nc2ccncc2)COC(c2nc(-c3ccc(F)cc3)c(-c3ccnc(NCCCN4CCOCC4)n3)[nH]2)OC1. The number of ether oxygens (including phenoxy) is 3. The second-order valence-electron chi connectivity index (χ2n) is 11.1. The van der Waals surface area contributed by atoms with E-state index in [2.05, 4.69) is 30.5 Å². The van der Waals surface area contributed by atoms with Crippen LogP contribution in [0.4, 0.5) is 16.0 Å². The van der Waals surface area contributed by atoms with Crippen molar-refractivity contribution in [3.8, 4) is 22.6 Å². The molecule has 230 valence electrons. The summed E-state index contributed by atoms with van der Waals surface area (Å²) in [5.41, 5.74) is 2.20. The Labute approximate surface area is 254 Å². The number of hydrogen-bond donors (Lipinski definition) is 3. The summed E-state index contributed by atoms with van der Waals surface area (Å²) in [4.78, 5) is 36.6. The van der Waals surface area contributed by atoms with Gasteiger partial charge in [-0.1, -0.05) is 0 Å². The molecule has 0 atom stereocenters. The number of rotatable bonds is 10. The number of aromatic nitrogens is 5. The maximum Gasteiger partial charge on any atom is 0.235 e. The third-order valence-corrected chi connectivity index (χ3v) is 7.61. The molecule has 12 nitrogen and oxygen atoms in total. The molecule has 3 aromatic heterocycles. The van der Waals surface area contributed by atoms with E-state index in [-0.39, 0.29) is 24.9 Å². The van der Waals surface area contributed by atoms with E-state index < -0.39 is 11.7 Å². The Morgan fingerprint density at radius 1 is 1.05 bits per heavy atom. The number of nitrogens with one attached hydrogen (secondary N) is 3. The van der Waals surface area contributed by atoms with Crippen molar-refractivity contribution in [3.63, 3.8) is 0 Å². The molecule has 3 N–H and O–H groups in total. The minimum absolute atomic E-state index is 0.114. The molecule has 2 aliphatic heterocycles. The first-order valence-corrected chi connectivity index (χ1v) is 14.6. The topological polar surface area (TPSA) is 139 Å². The molecule has 2 saturated heterocycles. The molecule has 6 rings (SSSR count). The first-order valence-electron chi connectivity index (χ1n) is 14.6. The van der Waals surface area contributed by atoms with Gasteiger partial charge >= 0.3 is 0 Å². The van der Waals surface area contributed by atoms with Crippen LogP contribution in [0.3, 0.4) is 0 Å². The number of carbonyl (C=O) groups is 1. The van der Waals surface area contributed by atoms with Crippen LogP contribution in [0.1, 0.15) is 25.5 Å². The van der Waals surface area contributed by atoms with Gasteiger partial charge in [0, 0.05) is 49.5 Å². The van der Waals surface area contributed by atoms with Crippen LogP contribution in [0.25, 0.3) is 22.6 Å². The van der Waals surface area contributed by atoms with Gasteiger partial charge in [-0.05, 0) is 62.4 Å². The summed E-state index contributed by atoms with van der Waals surface area (Å²) in [6, 6.07) is 11.3. The number of aromatic amines is 1. The van der Waals surface area contributed by atoms with E-state index in [1.54, 1.807) is 55.8 Å². The van der Waals surface area contributed by atoms with Gasteiger partial charge in [0.05, 0.1) is 48.9 Å². The fourth-order valence-electron chi connectivity index (χ4n) is 5.03. The molecule has 2 fully saturated rings. The van der Waals surface area contributed by atoms with E-state index in [4.69, 9.17) is 24.2 Å². The highest BCUT2D eigenvalue weighted by atomic mass is 19.1. The summed E-state index contributed by atoms with van der Waals surface area (Å²) in [7, 11) is 0. The molecule has 0 aliphatic carbocycles. The van der Waals surface area contributed by atoms with Crippen molar-refractivity contribution in [2.75, 3.05) is 63.2 Å². The number of pyridine rings is 1. The van der Waals surface area contributed by atoms with Crippen LogP contribution >= 0.6 is 0 Å². The number of amides is 1. The molecule has 5 heterocycles. The summed E-state index contributed by atoms with van der Waals surface area (Å²) in [6.45, 7) is 7.16. The predicted molar refractivity (Wildman–Crippen MR) is 161 cm³/mol. The summed E-state index contributed by atoms with van der Waals surface area (Å²) in [5.74, 6) is 0.335. The average molecular weight is 603 g/mol. The second-order valence-corrected chi connectivity index (χ2v) is 11.1. The van der Waals surface area contributed by atoms with Gasteiger partial charge in [-0.25, -0.2) is 19.3 Å². The van der Waals surface area contributed by atoms with E-state index in [9.17, 15) is 9.18 Å². The fourth-order valence-corrected chi connectivity index (χ4v) is 5.03. The van der Waals surface area contributed by atoms with Gasteiger partial charge in [0.15, 0.2) is 5.82 Å². The minimum atomic E-state index is -0.913. The highest BCUT2D eigenvalue weighted by molar-refractivity contribution is 5.95. The van der Waals surface area contributed by atoms with Gasteiger partial charge in [-0.3, -0.25) is 14.7 Å². The normalized spacial score (nSPS) is 20.7. The van der Waals surface area contributed by atoms with E-state index in [1.165, 1.54) is 12.1 Å². The lowest BCUT2D eigenvalue weighted by molar-refractivity contribution is -0.229. The Bertz CT molecular complexity index is 1540. The van der Waals surface area contributed by atoms with Crippen molar-refractivity contribution < 1.29 is 23.4 Å². The molecule has 4 aromatic rings. The molecule has 0 bridgehead atoms. The number of halogens is 1. The molecule has 0 radical (unpaired) electrons. The Hall–Kier alpha value is -4.30. The molecule has 0 unspecified atom stereocenters. The summed E-state index contributed by atoms with van der Waals surface area (Å²) in [6.07, 6.45) is 5.00. The van der Waals surface area contributed by atoms with Crippen LogP contribution in [-0.4, -0.2) is 88.3 Å². The third kappa shape index (κ3) is 7.08. The quantitative estimate of drug-likeness (QED) is 0.229. The van der Waals surface area contributed by atoms with Gasteiger partial charge < -0.3 is 29.8 Å². The van der Waals surface area contributed by atoms with Gasteiger partial charge in [-0.2, -0.15) is 0 Å². The van der Waals surface area contributed by atoms with Crippen LogP contribution < -0.4 is 10.6 Å². The predicted octanol–water partition coefficient (Wildman–Crippen LogP) is 3.89. The van der Waals surface area contributed by atoms with Crippen LogP contribution in [0.15, 0.2) is 61.1 Å². The molecule has 0 spiro atoms. The van der Waals surface area contributed by atoms with E-state index in [0.29, 0.717) is 40.1 Å². The van der Waals surface area contributed by atoms with E-state index in [0.717, 1.165) is 45.8 Å². The Morgan fingerprint density at radius 2 is 1.80 bits per heavy atom. The van der Waals surface area contributed by atoms with Crippen molar-refractivity contribution in [1.29, 1.82) is 0 Å². The van der Waals surface area contributed by atoms with Crippen LogP contribution in [-0.2, 0) is 19.0 Å². The zero-order valence-electron chi connectivity index (χ0n) is 24.5. The molecule has 44 heavy (non-hydrogen) atoms. The standard InChI is InChI=1S/C31H35FN8O4/c1-31(29(41)36-23-7-11-33-12-8-23)19-43-28(44-20-31)27-38-25(21-3-5-22(32)6-4-21)26(39-27)24-9-13-35-30(37-24)34-10-2-14-40-15-17-42-18-16-40/h3-9,11-13,28H,2,10,14-20H2,1H3,(H,38,39)(H,33,36,41)(H,34,35,37). The van der Waals surface area contributed by atoms with Crippen LogP contribution in [0, 0.1) is 11.2 Å². The van der Waals surface area contributed by atoms with Crippen molar-refractivity contribution in [1.82, 2.24) is 29.8 Å². The highest BCUT2D eigenvalue weighted by Gasteiger charge is 2.41. The highest BCUT2D eigenvalue weighted by Crippen LogP contribution is 2.36. The summed E-state index contributed by atoms with van der Waals surface area (Å²) in [5, 5.41) is 6.20. The van der Waals surface area contributed by atoms with Crippen molar-refractivity contribution in [3.05, 3.63) is 72.7 Å². The molecule has 1 aromatic carbocycles. The summed E-state index contributed by atoms with van der Waals surface area (Å²) < 4.78 is 31.3. The molecule has 1 amide bonds. The first-order chi connectivity index (χ1) is 21.5. The third-order valence-electron chi connectivity index (χ3n) is 7.61. The van der Waals surface area contributed by atoms with Crippen molar-refractivity contribution >= 4 is 17.5 Å². The Balaban J connectivity index is 1.17. The number of carbonyl (C=O) groups excluding carboxylic acids is 1. The molecule has 0 saturated carbocycles. The molecule has 2 aliphatic rings. The number of H-pyrrole nitrogens is 1. The van der Waals surface area contributed by atoms with Crippen molar-refractivity contribution in [2.24, 2.45) is 5.41 Å². The lowest BCUT2D eigenvalue weighted by Crippen LogP contribution is -2.45. The maximum atomic E-state index is 13.8. The molecule has 13 heteroatoms. The Kier molecular flexibility index (Phi) is 9.17. The van der Waals surface area contributed by atoms with Gasteiger partial charge in [0.1, 0.15) is 5.82 Å². The number of benzene rings is 1. The van der Waals surface area contributed by atoms with Gasteiger partial charge in [-0.15, -0.1) is 0 Å². The zero-order chi connectivity index (χ0) is 30.4. The maximum absolute atomic E-state index is 13.8. The van der Waals surface area contributed by atoms with E-state index >= 15 is 0 Å². The van der Waals surface area contributed by atoms with E-state index in [1.807, 2.05) is 0 Å². The number of hydrogen-bond acceptors (Lipinski definition) is 10. The summed E-state index contributed by atoms with van der Waals surface area (Å²) >= 11 is 0. The minimum Gasteiger partial charge on any atom is -0.379 e. The fraction of sp³-hybridized carbons (Fsp3) is 0.387. The van der Waals surface area contributed by atoms with Crippen LogP contribution in [0.2, 0.25) is 0 Å². The monoisotopic (exact) mass is 602 g/mol. The number of anilines is 2. The zero-order valence-corrected chi connectivity index (χ0v) is 24.5. The van der Waals surface area contributed by atoms with Gasteiger partial charge in [0.25, 0.3) is 0 Å². The number of imidazole rings is 1. The van der Waals surface area contributed by atoms with Crippen molar-refractivity contribution in [2.45, 2.75) is 19.6 Å². The average Bonchev–Trinajstić information content (AvgIpc) is 3.50. The lowest BCUT2D eigenvalue weighted by atomic mass is 9.91. The first kappa shape index (κ1) is 29.8. The largest absolute Gasteiger partial charge is 0.379 e. The number of morpholine rings is 1. The Morgan fingerprint density at radius 3 is 2.55 bits per heavy atom. The van der Waals surface area contributed by atoms with Gasteiger partial charge in [0.2, 0.25) is 18.1 Å². The molecular formula is C31H35FN8O4. The molecular weight excluding hydrogens is 567 g/mol. The number of nitrogens with zero attached hydrogens (tertiary/aromatic N) is 5. The van der Waals surface area contributed by atoms with Crippen LogP contribution in [0.5, 0.6) is 0 Å². The smallest absolute Gasteiger partial charge is 0.235 e. The second kappa shape index (κ2) is 13.6.